The Morgan fingerprint density at radius 1 is 1.60 bits per heavy atom. The summed E-state index contributed by atoms with van der Waals surface area (Å²) in [6, 6.07) is 0.343. The molecule has 0 amide bonds. The molecule has 0 saturated heterocycles. The molecule has 2 nitrogen and oxygen atoms in total. The Kier molecular flexibility index (Phi) is 6.40. The van der Waals surface area contributed by atoms with Crippen LogP contribution in [0.3, 0.4) is 0 Å². The Labute approximate surface area is 66.4 Å². The van der Waals surface area contributed by atoms with Crippen molar-refractivity contribution in [3.8, 4) is 0 Å². The van der Waals surface area contributed by atoms with Gasteiger partial charge in [0.1, 0.15) is 7.85 Å². The van der Waals surface area contributed by atoms with E-state index in [1.54, 1.807) is 0 Å². The predicted molar refractivity (Wildman–Crippen MR) is 48.8 cm³/mol. The van der Waals surface area contributed by atoms with Crippen LogP contribution in [0.25, 0.3) is 0 Å². The zero-order chi connectivity index (χ0) is 7.98. The fraction of sp³-hybridized carbons (Fsp3) is 1.00. The molecule has 0 bridgehead atoms. The zero-order valence-electron chi connectivity index (χ0n) is 6.96. The summed E-state index contributed by atoms with van der Waals surface area (Å²) in [7, 11) is 4.29. The summed E-state index contributed by atoms with van der Waals surface area (Å²) in [5, 5.41) is 0. The van der Waals surface area contributed by atoms with Gasteiger partial charge in [-0.15, -0.1) is 0 Å². The second kappa shape index (κ2) is 6.15. The highest BCUT2D eigenvalue weighted by molar-refractivity contribution is 7.09. The smallest absolute Gasteiger partial charge is 0.139 e. The van der Waals surface area contributed by atoms with E-state index in [2.05, 4.69) is 24.2 Å². The summed E-state index contributed by atoms with van der Waals surface area (Å²) in [5.74, 6) is 0. The maximum atomic E-state index is 5.50. The van der Waals surface area contributed by atoms with Crippen LogP contribution in [0.2, 0.25) is 0 Å². The van der Waals surface area contributed by atoms with Gasteiger partial charge >= 0.3 is 0 Å². The van der Waals surface area contributed by atoms with Crippen LogP contribution in [0.1, 0.15) is 20.3 Å². The Morgan fingerprint density at radius 2 is 2.20 bits per heavy atom. The molecular formula is C6H16BO2P. The van der Waals surface area contributed by atoms with E-state index in [0.717, 1.165) is 6.42 Å². The molecule has 0 heterocycles. The normalized spacial score (nSPS) is 16.7. The molecule has 0 aromatic carbocycles. The van der Waals surface area contributed by atoms with Gasteiger partial charge in [-0.25, -0.2) is 0 Å². The minimum absolute atomic E-state index is 0.201. The predicted octanol–water partition coefficient (Wildman–Crippen LogP) is 0.567. The Hall–Kier alpha value is 0.415. The molecule has 0 aromatic rings. The van der Waals surface area contributed by atoms with Crippen molar-refractivity contribution < 1.29 is 9.26 Å². The van der Waals surface area contributed by atoms with Gasteiger partial charge in [-0.05, 0) is 13.3 Å². The first-order chi connectivity index (χ1) is 4.70. The van der Waals surface area contributed by atoms with Crippen LogP contribution in [0.5, 0.6) is 0 Å². The summed E-state index contributed by atoms with van der Waals surface area (Å²) >= 11 is 0. The van der Waals surface area contributed by atoms with E-state index < -0.39 is 0 Å². The van der Waals surface area contributed by atoms with Gasteiger partial charge in [0.05, 0.1) is 12.7 Å². The Morgan fingerprint density at radius 3 is 2.60 bits per heavy atom. The van der Waals surface area contributed by atoms with Crippen molar-refractivity contribution >= 4 is 17.3 Å². The van der Waals surface area contributed by atoms with E-state index >= 15 is 0 Å². The lowest BCUT2D eigenvalue weighted by atomic mass is 9.97. The maximum absolute atomic E-state index is 5.50. The van der Waals surface area contributed by atoms with Gasteiger partial charge in [-0.1, -0.05) is 6.92 Å². The molecule has 60 valence electrons. The highest BCUT2D eigenvalue weighted by Crippen LogP contribution is 2.00. The first-order valence-corrected chi connectivity index (χ1v) is 4.15. The van der Waals surface area contributed by atoms with Gasteiger partial charge in [0, 0.05) is 15.5 Å². The molecular weight excluding hydrogens is 146 g/mol. The van der Waals surface area contributed by atoms with Gasteiger partial charge in [0.15, 0.2) is 0 Å². The fourth-order valence-corrected chi connectivity index (χ4v) is 0.939. The van der Waals surface area contributed by atoms with Gasteiger partial charge in [0.25, 0.3) is 0 Å². The fourth-order valence-electron chi connectivity index (χ4n) is 0.668. The van der Waals surface area contributed by atoms with E-state index in [9.17, 15) is 0 Å². The van der Waals surface area contributed by atoms with E-state index in [0.29, 0.717) is 12.6 Å². The van der Waals surface area contributed by atoms with Crippen LogP contribution < -0.4 is 0 Å². The van der Waals surface area contributed by atoms with E-state index in [4.69, 9.17) is 9.26 Å². The van der Waals surface area contributed by atoms with E-state index in [1.165, 1.54) is 0 Å². The molecule has 3 atom stereocenters. The number of ether oxygens (including phenoxy) is 1. The van der Waals surface area contributed by atoms with Gasteiger partial charge in [-0.3, -0.25) is 0 Å². The van der Waals surface area contributed by atoms with Crippen LogP contribution in [0, 0.1) is 0 Å². The molecule has 3 unspecified atom stereocenters. The largest absolute Gasteiger partial charge is 0.382 e. The van der Waals surface area contributed by atoms with Crippen molar-refractivity contribution in [2.45, 2.75) is 32.4 Å². The summed E-state index contributed by atoms with van der Waals surface area (Å²) in [5.41, 5.74) is 0. The second-order valence-corrected chi connectivity index (χ2v) is 2.83. The summed E-state index contributed by atoms with van der Waals surface area (Å²) < 4.78 is 10.3. The molecule has 4 heteroatoms. The topological polar surface area (TPSA) is 18.5 Å². The minimum Gasteiger partial charge on any atom is -0.382 e. The molecule has 0 aliphatic rings. The van der Waals surface area contributed by atoms with Crippen molar-refractivity contribution in [1.29, 1.82) is 0 Å². The van der Waals surface area contributed by atoms with Gasteiger partial charge < -0.3 is 9.26 Å². The summed E-state index contributed by atoms with van der Waals surface area (Å²) in [4.78, 5) is 0. The first-order valence-electron chi connectivity index (χ1n) is 3.67. The molecule has 0 rings (SSSR count). The molecule has 0 fully saturated rings. The van der Waals surface area contributed by atoms with Gasteiger partial charge in [0.2, 0.25) is 0 Å². The highest BCUT2D eigenvalue weighted by atomic mass is 31.0. The van der Waals surface area contributed by atoms with Crippen LogP contribution in [-0.4, -0.2) is 26.6 Å². The lowest BCUT2D eigenvalue weighted by molar-refractivity contribution is 0.0161. The molecule has 0 aromatic heterocycles. The van der Waals surface area contributed by atoms with Crippen molar-refractivity contribution in [3.05, 3.63) is 0 Å². The van der Waals surface area contributed by atoms with Crippen LogP contribution in [0.4, 0.5) is 0 Å². The summed E-state index contributed by atoms with van der Waals surface area (Å²) in [6.07, 6.45) is 1.26. The lowest BCUT2D eigenvalue weighted by Crippen LogP contribution is -2.22. The Bertz CT molecular complexity index is 82.1. The van der Waals surface area contributed by atoms with E-state index in [-0.39, 0.29) is 6.10 Å². The minimum atomic E-state index is 0.201. The third-order valence-electron chi connectivity index (χ3n) is 1.37. The molecule has 0 N–H and O–H groups in total. The standard InChI is InChI=1S/C6H16BO2P/c1-3-6(7)9-5(2)4-8-10/h5-6H,3-4,7,10H2,1-2H3. The number of hydrogen-bond acceptors (Lipinski definition) is 2. The van der Waals surface area contributed by atoms with Crippen molar-refractivity contribution in [1.82, 2.24) is 0 Å². The molecule has 0 aliphatic carbocycles. The number of hydrogen-bond donors (Lipinski definition) is 0. The number of rotatable bonds is 5. The van der Waals surface area contributed by atoms with Gasteiger partial charge in [-0.2, -0.15) is 0 Å². The van der Waals surface area contributed by atoms with Crippen molar-refractivity contribution in [3.63, 3.8) is 0 Å². The molecule has 0 saturated carbocycles. The zero-order valence-corrected chi connectivity index (χ0v) is 8.12. The average molecular weight is 162 g/mol. The molecule has 10 heavy (non-hydrogen) atoms. The van der Waals surface area contributed by atoms with Crippen LogP contribution in [-0.2, 0) is 9.26 Å². The monoisotopic (exact) mass is 162 g/mol. The maximum Gasteiger partial charge on any atom is 0.139 e. The first kappa shape index (κ1) is 10.4. The SMILES string of the molecule is BC(CC)OC(C)COP. The molecule has 0 spiro atoms. The highest BCUT2D eigenvalue weighted by Gasteiger charge is 2.05. The van der Waals surface area contributed by atoms with Crippen LogP contribution >= 0.6 is 9.47 Å². The third kappa shape index (κ3) is 5.22. The average Bonchev–Trinajstić information content (AvgIpc) is 1.88. The quantitative estimate of drug-likeness (QED) is 0.434. The van der Waals surface area contributed by atoms with Crippen molar-refractivity contribution in [2.75, 3.05) is 6.61 Å². The third-order valence-corrected chi connectivity index (χ3v) is 1.56. The lowest BCUT2D eigenvalue weighted by Gasteiger charge is -2.16. The molecule has 0 radical (unpaired) electrons. The molecule has 0 aliphatic heterocycles. The van der Waals surface area contributed by atoms with Crippen molar-refractivity contribution in [2.24, 2.45) is 0 Å². The Balaban J connectivity index is 3.27. The second-order valence-electron chi connectivity index (χ2n) is 2.50. The van der Waals surface area contributed by atoms with E-state index in [1.807, 2.05) is 6.92 Å². The summed E-state index contributed by atoms with van der Waals surface area (Å²) in [6.45, 7) is 4.77. The van der Waals surface area contributed by atoms with Crippen LogP contribution in [0.15, 0.2) is 0 Å².